The molecule has 0 aromatic rings. The Morgan fingerprint density at radius 3 is 2.00 bits per heavy atom. The van der Waals surface area contributed by atoms with Gasteiger partial charge in [0.05, 0.1) is 0 Å². The Labute approximate surface area is 117 Å². The van der Waals surface area contributed by atoms with Crippen LogP contribution in [0.3, 0.4) is 0 Å². The molecule has 0 heterocycles. The molecule has 0 rings (SSSR count). The molecular formula is C13H29IOSi. The minimum atomic E-state index is -1.53. The molecule has 2 atom stereocenters. The highest BCUT2D eigenvalue weighted by molar-refractivity contribution is 14.1. The van der Waals surface area contributed by atoms with Gasteiger partial charge in [-0.15, -0.1) is 0 Å². The monoisotopic (exact) mass is 356 g/mol. The van der Waals surface area contributed by atoms with Crippen LogP contribution in [0.25, 0.3) is 0 Å². The SMILES string of the molecule is C[C@H](CI)C[C@H](C)CO[Si](C)(C)C(C)(C)C. The summed E-state index contributed by atoms with van der Waals surface area (Å²) in [6, 6.07) is 0. The van der Waals surface area contributed by atoms with Crippen molar-refractivity contribution in [3.05, 3.63) is 0 Å². The Kier molecular flexibility index (Phi) is 7.12. The molecule has 0 saturated carbocycles. The molecule has 0 unspecified atom stereocenters. The summed E-state index contributed by atoms with van der Waals surface area (Å²) in [6.45, 7) is 17.2. The largest absolute Gasteiger partial charge is 0.417 e. The van der Waals surface area contributed by atoms with Crippen molar-refractivity contribution in [1.82, 2.24) is 0 Å². The van der Waals surface area contributed by atoms with Gasteiger partial charge in [0, 0.05) is 11.0 Å². The standard InChI is InChI=1S/C13H29IOSi/c1-11(9-14)8-12(2)10-15-16(6,7)13(3,4)5/h11-12H,8-10H2,1-7H3/t11-,12-/m0/s1. The lowest BCUT2D eigenvalue weighted by atomic mass is 10.0. The first-order chi connectivity index (χ1) is 7.10. The van der Waals surface area contributed by atoms with E-state index in [1.54, 1.807) is 0 Å². The van der Waals surface area contributed by atoms with Crippen molar-refractivity contribution >= 4 is 30.9 Å². The molecule has 1 nitrogen and oxygen atoms in total. The van der Waals surface area contributed by atoms with Crippen LogP contribution in [0.5, 0.6) is 0 Å². The van der Waals surface area contributed by atoms with Crippen LogP contribution in [0.15, 0.2) is 0 Å². The third-order valence-corrected chi connectivity index (χ3v) is 9.61. The quantitative estimate of drug-likeness (QED) is 0.365. The highest BCUT2D eigenvalue weighted by Gasteiger charge is 2.37. The molecule has 0 bridgehead atoms. The van der Waals surface area contributed by atoms with Gasteiger partial charge in [-0.05, 0) is 36.4 Å². The molecule has 0 aliphatic rings. The lowest BCUT2D eigenvalue weighted by Gasteiger charge is -2.37. The summed E-state index contributed by atoms with van der Waals surface area (Å²) in [5.74, 6) is 1.51. The molecule has 98 valence electrons. The van der Waals surface area contributed by atoms with Gasteiger partial charge in [-0.1, -0.05) is 57.2 Å². The molecule has 0 aromatic carbocycles. The summed E-state index contributed by atoms with van der Waals surface area (Å²) >= 11 is 2.47. The van der Waals surface area contributed by atoms with Gasteiger partial charge >= 0.3 is 0 Å². The van der Waals surface area contributed by atoms with Crippen molar-refractivity contribution in [2.75, 3.05) is 11.0 Å². The van der Waals surface area contributed by atoms with Gasteiger partial charge in [-0.3, -0.25) is 0 Å². The average Bonchev–Trinajstić information content (AvgIpc) is 2.13. The van der Waals surface area contributed by atoms with Crippen LogP contribution < -0.4 is 0 Å². The predicted molar refractivity (Wildman–Crippen MR) is 85.0 cm³/mol. The van der Waals surface area contributed by atoms with Crippen molar-refractivity contribution in [2.24, 2.45) is 11.8 Å². The third kappa shape index (κ3) is 6.01. The topological polar surface area (TPSA) is 9.23 Å². The van der Waals surface area contributed by atoms with Crippen LogP contribution in [0, 0.1) is 11.8 Å². The van der Waals surface area contributed by atoms with Crippen molar-refractivity contribution < 1.29 is 4.43 Å². The summed E-state index contributed by atoms with van der Waals surface area (Å²) in [6.07, 6.45) is 1.29. The summed E-state index contributed by atoms with van der Waals surface area (Å²) in [5.41, 5.74) is 0. The van der Waals surface area contributed by atoms with Crippen LogP contribution in [0.1, 0.15) is 41.0 Å². The van der Waals surface area contributed by atoms with E-state index < -0.39 is 8.32 Å². The Morgan fingerprint density at radius 1 is 1.12 bits per heavy atom. The zero-order valence-electron chi connectivity index (χ0n) is 12.1. The van der Waals surface area contributed by atoms with E-state index in [9.17, 15) is 0 Å². The van der Waals surface area contributed by atoms with E-state index in [2.05, 4.69) is 70.3 Å². The molecule has 0 amide bonds. The zero-order chi connectivity index (χ0) is 13.0. The first-order valence-electron chi connectivity index (χ1n) is 6.30. The first-order valence-corrected chi connectivity index (χ1v) is 10.7. The van der Waals surface area contributed by atoms with Gasteiger partial charge in [-0.2, -0.15) is 0 Å². The van der Waals surface area contributed by atoms with Gasteiger partial charge in [0.1, 0.15) is 0 Å². The van der Waals surface area contributed by atoms with Crippen LogP contribution >= 0.6 is 22.6 Å². The molecular weight excluding hydrogens is 327 g/mol. The van der Waals surface area contributed by atoms with Crippen LogP contribution in [0.4, 0.5) is 0 Å². The Hall–Kier alpha value is 0.907. The maximum atomic E-state index is 6.24. The summed E-state index contributed by atoms with van der Waals surface area (Å²) in [7, 11) is -1.53. The molecule has 16 heavy (non-hydrogen) atoms. The van der Waals surface area contributed by atoms with Gasteiger partial charge in [0.2, 0.25) is 0 Å². The summed E-state index contributed by atoms with van der Waals surface area (Å²) in [5, 5.41) is 0.335. The normalized spacial score (nSPS) is 17.2. The molecule has 0 aliphatic carbocycles. The van der Waals surface area contributed by atoms with E-state index >= 15 is 0 Å². The van der Waals surface area contributed by atoms with E-state index in [-0.39, 0.29) is 0 Å². The highest BCUT2D eigenvalue weighted by Crippen LogP contribution is 2.36. The Morgan fingerprint density at radius 2 is 1.62 bits per heavy atom. The van der Waals surface area contributed by atoms with E-state index in [4.69, 9.17) is 4.43 Å². The lowest BCUT2D eigenvalue weighted by molar-refractivity contribution is 0.221. The van der Waals surface area contributed by atoms with E-state index in [0.717, 1.165) is 12.5 Å². The fraction of sp³-hybridized carbons (Fsp3) is 1.00. The first kappa shape index (κ1) is 16.9. The Balaban J connectivity index is 4.05. The number of alkyl halides is 1. The van der Waals surface area contributed by atoms with Gasteiger partial charge < -0.3 is 4.43 Å². The molecule has 0 N–H and O–H groups in total. The Bertz CT molecular complexity index is 199. The second kappa shape index (κ2) is 6.74. The maximum Gasteiger partial charge on any atom is 0.191 e. The van der Waals surface area contributed by atoms with Gasteiger partial charge in [-0.25, -0.2) is 0 Å². The second-order valence-corrected chi connectivity index (χ2v) is 12.4. The fourth-order valence-electron chi connectivity index (χ4n) is 1.39. The van der Waals surface area contributed by atoms with Crippen LogP contribution in [-0.4, -0.2) is 19.4 Å². The smallest absolute Gasteiger partial charge is 0.191 e. The van der Waals surface area contributed by atoms with Crippen molar-refractivity contribution in [2.45, 2.75) is 59.2 Å². The van der Waals surface area contributed by atoms with Crippen molar-refractivity contribution in [3.63, 3.8) is 0 Å². The number of hydrogen-bond acceptors (Lipinski definition) is 1. The van der Waals surface area contributed by atoms with Crippen LogP contribution in [0.2, 0.25) is 18.1 Å². The summed E-state index contributed by atoms with van der Waals surface area (Å²) in [4.78, 5) is 0. The second-order valence-electron chi connectivity index (χ2n) is 6.67. The van der Waals surface area contributed by atoms with Crippen LogP contribution in [-0.2, 0) is 4.43 Å². The lowest BCUT2D eigenvalue weighted by Crippen LogP contribution is -2.41. The van der Waals surface area contributed by atoms with Gasteiger partial charge in [0.25, 0.3) is 0 Å². The zero-order valence-corrected chi connectivity index (χ0v) is 15.2. The molecule has 0 aliphatic heterocycles. The minimum Gasteiger partial charge on any atom is -0.417 e. The number of halogens is 1. The van der Waals surface area contributed by atoms with Crippen molar-refractivity contribution in [3.8, 4) is 0 Å². The minimum absolute atomic E-state index is 0.335. The highest BCUT2D eigenvalue weighted by atomic mass is 127. The molecule has 0 aromatic heterocycles. The molecule has 0 saturated heterocycles. The summed E-state index contributed by atoms with van der Waals surface area (Å²) < 4.78 is 7.49. The van der Waals surface area contributed by atoms with E-state index in [1.807, 2.05) is 0 Å². The van der Waals surface area contributed by atoms with E-state index in [0.29, 0.717) is 11.0 Å². The number of rotatable bonds is 6. The number of hydrogen-bond donors (Lipinski definition) is 0. The predicted octanol–water partition coefficient (Wildman–Crippen LogP) is 5.11. The molecule has 3 heteroatoms. The molecule has 0 spiro atoms. The maximum absolute atomic E-state index is 6.24. The molecule has 0 radical (unpaired) electrons. The average molecular weight is 356 g/mol. The van der Waals surface area contributed by atoms with Crippen molar-refractivity contribution in [1.29, 1.82) is 0 Å². The van der Waals surface area contributed by atoms with Gasteiger partial charge in [0.15, 0.2) is 8.32 Å². The van der Waals surface area contributed by atoms with E-state index in [1.165, 1.54) is 10.8 Å². The molecule has 0 fully saturated rings. The fourth-order valence-corrected chi connectivity index (χ4v) is 2.88. The third-order valence-electron chi connectivity index (χ3n) is 3.60.